The monoisotopic (exact) mass is 1590 g/mol. The number of carbonyl (C=O) groups excluding carboxylic acids is 8. The summed E-state index contributed by atoms with van der Waals surface area (Å²) < 4.78 is 101. The van der Waals surface area contributed by atoms with Crippen molar-refractivity contribution < 1.29 is 113 Å². The Kier molecular flexibility index (Phi) is 73.0. The molecule has 636 valence electrons. The molecule has 0 N–H and O–H groups in total. The third kappa shape index (κ3) is 69.9. The fraction of sp³-hybridized carbons (Fsp3) is 0.902. The van der Waals surface area contributed by atoms with Crippen LogP contribution in [-0.4, -0.2) is 139 Å². The third-order valence-electron chi connectivity index (χ3n) is 18.0. The molecule has 24 nitrogen and oxygen atoms in total. The zero-order chi connectivity index (χ0) is 80.6. The first-order valence-corrected chi connectivity index (χ1v) is 45.1. The van der Waals surface area contributed by atoms with Crippen molar-refractivity contribution in [1.82, 2.24) is 0 Å². The normalized spacial score (nSPS) is 13.6. The van der Waals surface area contributed by atoms with E-state index in [-0.39, 0.29) is 52.1 Å². The second kappa shape index (κ2) is 74.4. The minimum atomic E-state index is -4.29. The van der Waals surface area contributed by atoms with Gasteiger partial charge < -0.3 is 37.9 Å². The molecule has 0 aromatic heterocycles. The van der Waals surface area contributed by atoms with Gasteiger partial charge in [0.2, 0.25) is 0 Å². The lowest BCUT2D eigenvalue weighted by molar-refractivity contribution is -0.165. The number of hydrogen-bond acceptors (Lipinski definition) is 24. The van der Waals surface area contributed by atoms with Gasteiger partial charge >= 0.3 is 63.4 Å². The highest BCUT2D eigenvalue weighted by Gasteiger charge is 2.33. The van der Waals surface area contributed by atoms with E-state index in [0.717, 1.165) is 91.3 Å². The van der Waals surface area contributed by atoms with Gasteiger partial charge in [0.05, 0.1) is 38.3 Å². The molecule has 0 aliphatic heterocycles. The Morgan fingerprint density at radius 2 is 0.472 bits per heavy atom. The summed E-state index contributed by atoms with van der Waals surface area (Å²) in [6.45, 7) is 14.8. The van der Waals surface area contributed by atoms with E-state index >= 15 is 0 Å². The summed E-state index contributed by atoms with van der Waals surface area (Å²) in [6.07, 6.45) is 47.6. The standard InChI is InChI=1S/C43H81O12P.C39H73O12P/c1-8-10-12-14-16-18-20-22-24-26-28-30-40(44)50-32-38(54-41(45)31-29-27-25-23-21-19-17-15-13-11-9-2)34-52-56(48,49-7)53-35-39(55-43(47)37(5)6)33-51-42(46)36(3)4;1-6-8-10-12-14-16-18-20-22-24-26-28-38(42)47-31-37(51-39(43)29-27-25-23-21-19-17-15-13-11-9-7-2)33-49-52(44,45-5)48-32-36(50-35(4)41)30-46-34(3)40/h36-39H,8-35H2,1-7H3;36-37H,6-33H2,1-5H3/t38-,39?,56?;36?,37-,52?/m11/s1. The van der Waals surface area contributed by atoms with Crippen molar-refractivity contribution in [2.75, 3.05) is 67.1 Å². The molecular formula is C82H154O24P2. The van der Waals surface area contributed by atoms with Crippen LogP contribution in [0, 0.1) is 11.8 Å². The van der Waals surface area contributed by atoms with Gasteiger partial charge in [-0.25, -0.2) is 9.13 Å². The second-order valence-electron chi connectivity index (χ2n) is 29.2. The van der Waals surface area contributed by atoms with E-state index in [1.807, 2.05) is 0 Å². The van der Waals surface area contributed by atoms with Gasteiger partial charge in [-0.2, -0.15) is 0 Å². The van der Waals surface area contributed by atoms with Crippen molar-refractivity contribution in [3.05, 3.63) is 0 Å². The van der Waals surface area contributed by atoms with E-state index in [2.05, 4.69) is 27.7 Å². The van der Waals surface area contributed by atoms with Gasteiger partial charge in [-0.1, -0.05) is 312 Å². The maximum atomic E-state index is 13.4. The second-order valence-corrected chi connectivity index (χ2v) is 32.8. The lowest BCUT2D eigenvalue weighted by Crippen LogP contribution is -2.32. The molecule has 0 aromatic rings. The average molecular weight is 1590 g/mol. The van der Waals surface area contributed by atoms with Gasteiger partial charge in [-0.3, -0.25) is 65.5 Å². The van der Waals surface area contributed by atoms with Gasteiger partial charge in [-0.05, 0) is 25.7 Å². The van der Waals surface area contributed by atoms with Gasteiger partial charge in [0.25, 0.3) is 0 Å². The molecule has 0 aliphatic rings. The van der Waals surface area contributed by atoms with Crippen LogP contribution in [0.3, 0.4) is 0 Å². The van der Waals surface area contributed by atoms with Crippen molar-refractivity contribution in [2.45, 2.75) is 402 Å². The summed E-state index contributed by atoms with van der Waals surface area (Å²) >= 11 is 0. The molecule has 6 atom stereocenters. The smallest absolute Gasteiger partial charge is 0.462 e. The molecule has 0 bridgehead atoms. The van der Waals surface area contributed by atoms with E-state index in [1.54, 1.807) is 27.7 Å². The summed E-state index contributed by atoms with van der Waals surface area (Å²) in [4.78, 5) is 97.7. The van der Waals surface area contributed by atoms with Crippen molar-refractivity contribution in [3.63, 3.8) is 0 Å². The maximum absolute atomic E-state index is 13.4. The van der Waals surface area contributed by atoms with Crippen molar-refractivity contribution in [2.24, 2.45) is 11.8 Å². The molecule has 0 heterocycles. The average Bonchev–Trinajstić information content (AvgIpc) is 0.887. The highest BCUT2D eigenvalue weighted by atomic mass is 31.2. The first kappa shape index (κ1) is 106. The van der Waals surface area contributed by atoms with Crippen LogP contribution in [0.4, 0.5) is 0 Å². The topological polar surface area (TPSA) is 300 Å². The van der Waals surface area contributed by atoms with E-state index < -0.39 is 126 Å². The van der Waals surface area contributed by atoms with E-state index in [9.17, 15) is 47.5 Å². The summed E-state index contributed by atoms with van der Waals surface area (Å²) in [5.74, 6) is -4.98. The van der Waals surface area contributed by atoms with E-state index in [1.165, 1.54) is 194 Å². The molecule has 0 amide bonds. The quantitative estimate of drug-likeness (QED) is 0.0236. The van der Waals surface area contributed by atoms with Gasteiger partial charge in [0.1, 0.15) is 26.4 Å². The predicted molar refractivity (Wildman–Crippen MR) is 422 cm³/mol. The first-order valence-electron chi connectivity index (χ1n) is 42.2. The summed E-state index contributed by atoms with van der Waals surface area (Å²) in [6, 6.07) is 0. The molecule has 0 spiro atoms. The molecule has 0 aromatic carbocycles. The molecule has 0 rings (SSSR count). The Bertz CT molecular complexity index is 2320. The fourth-order valence-electron chi connectivity index (χ4n) is 11.3. The van der Waals surface area contributed by atoms with Crippen LogP contribution in [0.5, 0.6) is 0 Å². The van der Waals surface area contributed by atoms with Crippen molar-refractivity contribution >= 4 is 63.4 Å². The number of carbonyl (C=O) groups is 8. The van der Waals surface area contributed by atoms with Gasteiger partial charge in [0.15, 0.2) is 24.4 Å². The Hall–Kier alpha value is -4.02. The maximum Gasteiger partial charge on any atom is 0.474 e. The molecule has 0 aliphatic carbocycles. The summed E-state index contributed by atoms with van der Waals surface area (Å²) in [5.41, 5.74) is 0. The fourth-order valence-corrected chi connectivity index (χ4v) is 13.2. The molecule has 4 unspecified atom stereocenters. The zero-order valence-electron chi connectivity index (χ0n) is 69.8. The summed E-state index contributed by atoms with van der Waals surface area (Å²) in [7, 11) is -6.30. The van der Waals surface area contributed by atoms with Crippen molar-refractivity contribution in [3.8, 4) is 0 Å². The molecule has 0 saturated carbocycles. The first-order chi connectivity index (χ1) is 51.9. The van der Waals surface area contributed by atoms with Crippen LogP contribution in [0.2, 0.25) is 0 Å². The van der Waals surface area contributed by atoms with E-state index in [4.69, 9.17) is 65.0 Å². The number of ether oxygens (including phenoxy) is 8. The largest absolute Gasteiger partial charge is 0.474 e. The number of phosphoric acid groups is 2. The Morgan fingerprint density at radius 3 is 0.713 bits per heavy atom. The Labute approximate surface area is 653 Å². The van der Waals surface area contributed by atoms with Crippen LogP contribution in [0.25, 0.3) is 0 Å². The number of hydrogen-bond donors (Lipinski definition) is 0. The van der Waals surface area contributed by atoms with Gasteiger partial charge in [-0.15, -0.1) is 0 Å². The SMILES string of the molecule is CCCCCCCCCCCCCC(=O)OC[C@H](COP(=O)(OC)OCC(COC(=O)C(C)C)OC(=O)C(C)C)OC(=O)CCCCCCCCCCCCC.CCCCCCCCCCCCCC(=O)OC[C@H](COP(=O)(OC)OCC(COC(C)=O)OC(C)=O)OC(=O)CCCCCCCCCCCCC. The van der Waals surface area contributed by atoms with Crippen LogP contribution < -0.4 is 0 Å². The molecule has 0 radical (unpaired) electrons. The zero-order valence-corrected chi connectivity index (χ0v) is 71.5. The molecule has 26 heteroatoms. The molecule has 108 heavy (non-hydrogen) atoms. The number of esters is 8. The minimum Gasteiger partial charge on any atom is -0.462 e. The Morgan fingerprint density at radius 1 is 0.250 bits per heavy atom. The highest BCUT2D eigenvalue weighted by Crippen LogP contribution is 2.50. The molecule has 0 fully saturated rings. The summed E-state index contributed by atoms with van der Waals surface area (Å²) in [5, 5.41) is 0. The lowest BCUT2D eigenvalue weighted by atomic mass is 10.1. The van der Waals surface area contributed by atoms with E-state index in [0.29, 0.717) is 25.7 Å². The van der Waals surface area contributed by atoms with Gasteiger partial charge in [0, 0.05) is 53.8 Å². The molecule has 0 saturated heterocycles. The number of unbranched alkanes of at least 4 members (excludes halogenated alkanes) is 40. The highest BCUT2D eigenvalue weighted by molar-refractivity contribution is 7.48. The van der Waals surface area contributed by atoms with Crippen molar-refractivity contribution in [1.29, 1.82) is 0 Å². The van der Waals surface area contributed by atoms with Crippen LogP contribution in [0.15, 0.2) is 0 Å². The van der Waals surface area contributed by atoms with Crippen LogP contribution >= 0.6 is 15.6 Å². The molecular weight excluding hydrogens is 1430 g/mol. The van der Waals surface area contributed by atoms with Crippen LogP contribution in [0.1, 0.15) is 377 Å². The lowest BCUT2D eigenvalue weighted by Gasteiger charge is -2.24. The third-order valence-corrected chi connectivity index (χ3v) is 20.7. The Balaban J connectivity index is 0. The van der Waals surface area contributed by atoms with Crippen LogP contribution in [-0.2, 0) is 113 Å². The minimum absolute atomic E-state index is 0.191. The number of phosphoric ester groups is 2. The number of rotatable bonds is 76. The predicted octanol–water partition coefficient (Wildman–Crippen LogP) is 21.5.